The van der Waals surface area contributed by atoms with E-state index in [1.807, 2.05) is 12.1 Å². The van der Waals surface area contributed by atoms with Gasteiger partial charge in [0, 0.05) is 12.1 Å². The van der Waals surface area contributed by atoms with Gasteiger partial charge in [0.2, 0.25) is 0 Å². The average molecular weight is 453 g/mol. The Kier molecular flexibility index (Phi) is 7.34. The SMILES string of the molecule is CCOC(=O)c1ccc(CNc2nc(C)nc(C)c2C#Cc2ccc(C(F)(F)F)cc2)cc1. The third kappa shape index (κ3) is 6.32. The number of hydrogen-bond donors (Lipinski definition) is 1. The Morgan fingerprint density at radius 1 is 1.00 bits per heavy atom. The minimum Gasteiger partial charge on any atom is -0.462 e. The minimum atomic E-state index is -4.39. The van der Waals surface area contributed by atoms with E-state index in [2.05, 4.69) is 27.1 Å². The van der Waals surface area contributed by atoms with Gasteiger partial charge in [-0.15, -0.1) is 0 Å². The zero-order valence-electron chi connectivity index (χ0n) is 18.4. The highest BCUT2D eigenvalue weighted by molar-refractivity contribution is 5.89. The number of esters is 1. The number of carbonyl (C=O) groups is 1. The fourth-order valence-corrected chi connectivity index (χ4v) is 3.03. The number of aromatic nitrogens is 2. The lowest BCUT2D eigenvalue weighted by Crippen LogP contribution is -2.08. The number of halogens is 3. The Morgan fingerprint density at radius 3 is 2.27 bits per heavy atom. The van der Waals surface area contributed by atoms with Crippen LogP contribution in [-0.2, 0) is 17.5 Å². The Hall–Kier alpha value is -3.86. The zero-order chi connectivity index (χ0) is 24.0. The van der Waals surface area contributed by atoms with E-state index in [4.69, 9.17) is 4.74 Å². The van der Waals surface area contributed by atoms with Crippen LogP contribution >= 0.6 is 0 Å². The topological polar surface area (TPSA) is 64.1 Å². The highest BCUT2D eigenvalue weighted by Crippen LogP contribution is 2.29. The van der Waals surface area contributed by atoms with E-state index >= 15 is 0 Å². The maximum Gasteiger partial charge on any atom is 0.416 e. The number of carbonyl (C=O) groups excluding carboxylic acids is 1. The largest absolute Gasteiger partial charge is 0.462 e. The molecule has 0 bridgehead atoms. The van der Waals surface area contributed by atoms with Crippen LogP contribution in [-0.4, -0.2) is 22.5 Å². The molecule has 0 saturated carbocycles. The standard InChI is InChI=1S/C25H22F3N3O2/c1-4-33-24(32)20-10-5-19(6-11-20)15-29-23-22(16(2)30-17(3)31-23)14-9-18-7-12-21(13-8-18)25(26,27)28/h5-8,10-13H,4,15H2,1-3H3,(H,29,30,31). The van der Waals surface area contributed by atoms with Crippen molar-refractivity contribution in [3.05, 3.63) is 87.9 Å². The van der Waals surface area contributed by atoms with Crippen molar-refractivity contribution >= 4 is 11.8 Å². The van der Waals surface area contributed by atoms with Gasteiger partial charge in [-0.05, 0) is 62.7 Å². The molecule has 0 atom stereocenters. The molecule has 0 aliphatic rings. The lowest BCUT2D eigenvalue weighted by molar-refractivity contribution is -0.137. The summed E-state index contributed by atoms with van der Waals surface area (Å²) in [6, 6.07) is 11.7. The number of anilines is 1. The Bertz CT molecular complexity index is 1190. The van der Waals surface area contributed by atoms with Crippen LogP contribution in [0.3, 0.4) is 0 Å². The fraction of sp³-hybridized carbons (Fsp3) is 0.240. The Morgan fingerprint density at radius 2 is 1.67 bits per heavy atom. The summed E-state index contributed by atoms with van der Waals surface area (Å²) >= 11 is 0. The predicted octanol–water partition coefficient (Wildman–Crippen LogP) is 5.30. The van der Waals surface area contributed by atoms with Gasteiger partial charge >= 0.3 is 12.1 Å². The summed E-state index contributed by atoms with van der Waals surface area (Å²) in [5.41, 5.74) is 2.32. The van der Waals surface area contributed by atoms with Crippen molar-refractivity contribution in [2.24, 2.45) is 0 Å². The molecule has 0 aliphatic heterocycles. The highest BCUT2D eigenvalue weighted by atomic mass is 19.4. The third-order valence-electron chi connectivity index (χ3n) is 4.67. The van der Waals surface area contributed by atoms with Gasteiger partial charge in [-0.2, -0.15) is 13.2 Å². The van der Waals surface area contributed by atoms with Crippen molar-refractivity contribution < 1.29 is 22.7 Å². The molecule has 0 aliphatic carbocycles. The normalized spacial score (nSPS) is 10.8. The quantitative estimate of drug-likeness (QED) is 0.420. The predicted molar refractivity (Wildman–Crippen MR) is 119 cm³/mol. The van der Waals surface area contributed by atoms with Gasteiger partial charge < -0.3 is 10.1 Å². The average Bonchev–Trinajstić information content (AvgIpc) is 2.77. The molecular weight excluding hydrogens is 431 g/mol. The lowest BCUT2D eigenvalue weighted by atomic mass is 10.1. The number of rotatable bonds is 5. The van der Waals surface area contributed by atoms with Crippen LogP contribution in [0.5, 0.6) is 0 Å². The third-order valence-corrected chi connectivity index (χ3v) is 4.67. The van der Waals surface area contributed by atoms with E-state index in [0.29, 0.717) is 47.2 Å². The molecule has 33 heavy (non-hydrogen) atoms. The maximum absolute atomic E-state index is 12.8. The van der Waals surface area contributed by atoms with Crippen molar-refractivity contribution in [2.45, 2.75) is 33.5 Å². The number of hydrogen-bond acceptors (Lipinski definition) is 5. The molecule has 8 heteroatoms. The van der Waals surface area contributed by atoms with Crippen molar-refractivity contribution in [2.75, 3.05) is 11.9 Å². The molecule has 1 heterocycles. The van der Waals surface area contributed by atoms with Crippen LogP contribution < -0.4 is 5.32 Å². The van der Waals surface area contributed by atoms with Crippen LogP contribution in [0.15, 0.2) is 48.5 Å². The number of aryl methyl sites for hydroxylation is 2. The summed E-state index contributed by atoms with van der Waals surface area (Å²) < 4.78 is 43.2. The summed E-state index contributed by atoms with van der Waals surface area (Å²) in [4.78, 5) is 20.6. The Labute approximate surface area is 190 Å². The van der Waals surface area contributed by atoms with Crippen molar-refractivity contribution in [1.29, 1.82) is 0 Å². The second kappa shape index (κ2) is 10.2. The van der Waals surface area contributed by atoms with E-state index in [9.17, 15) is 18.0 Å². The minimum absolute atomic E-state index is 0.310. The molecular formula is C25H22F3N3O2. The first-order valence-electron chi connectivity index (χ1n) is 10.2. The molecule has 1 N–H and O–H groups in total. The van der Waals surface area contributed by atoms with E-state index in [-0.39, 0.29) is 5.97 Å². The van der Waals surface area contributed by atoms with Gasteiger partial charge in [-0.25, -0.2) is 14.8 Å². The first-order valence-corrected chi connectivity index (χ1v) is 10.2. The molecule has 0 saturated heterocycles. The zero-order valence-corrected chi connectivity index (χ0v) is 18.4. The molecule has 0 radical (unpaired) electrons. The van der Waals surface area contributed by atoms with Crippen LogP contribution in [0.1, 0.15) is 51.1 Å². The van der Waals surface area contributed by atoms with E-state index in [1.54, 1.807) is 32.9 Å². The van der Waals surface area contributed by atoms with Gasteiger partial charge in [-0.3, -0.25) is 0 Å². The van der Waals surface area contributed by atoms with E-state index < -0.39 is 11.7 Å². The molecule has 1 aromatic heterocycles. The highest BCUT2D eigenvalue weighted by Gasteiger charge is 2.29. The number of benzene rings is 2. The molecule has 2 aromatic carbocycles. The fourth-order valence-electron chi connectivity index (χ4n) is 3.03. The molecule has 3 aromatic rings. The van der Waals surface area contributed by atoms with Crippen LogP contribution in [0.25, 0.3) is 0 Å². The van der Waals surface area contributed by atoms with Gasteiger partial charge in [0.25, 0.3) is 0 Å². The summed E-state index contributed by atoms with van der Waals surface area (Å²) in [7, 11) is 0. The molecule has 0 spiro atoms. The first-order chi connectivity index (χ1) is 15.7. The van der Waals surface area contributed by atoms with Crippen molar-refractivity contribution in [3.8, 4) is 11.8 Å². The summed E-state index contributed by atoms with van der Waals surface area (Å²) in [6.07, 6.45) is -4.39. The molecule has 3 rings (SSSR count). The summed E-state index contributed by atoms with van der Waals surface area (Å²) in [6.45, 7) is 6.04. The Balaban J connectivity index is 1.79. The molecule has 5 nitrogen and oxygen atoms in total. The second-order valence-corrected chi connectivity index (χ2v) is 7.18. The number of nitrogens with one attached hydrogen (secondary N) is 1. The van der Waals surface area contributed by atoms with Crippen molar-refractivity contribution in [1.82, 2.24) is 9.97 Å². The summed E-state index contributed by atoms with van der Waals surface area (Å²) in [5, 5.41) is 3.23. The van der Waals surface area contributed by atoms with Gasteiger partial charge in [0.15, 0.2) is 0 Å². The van der Waals surface area contributed by atoms with Gasteiger partial charge in [0.05, 0.1) is 29.0 Å². The number of nitrogens with zero attached hydrogens (tertiary/aromatic N) is 2. The van der Waals surface area contributed by atoms with Crippen LogP contribution in [0, 0.1) is 25.7 Å². The van der Waals surface area contributed by atoms with E-state index in [1.165, 1.54) is 12.1 Å². The van der Waals surface area contributed by atoms with Crippen molar-refractivity contribution in [3.63, 3.8) is 0 Å². The monoisotopic (exact) mass is 453 g/mol. The number of ether oxygens (including phenoxy) is 1. The molecule has 0 amide bonds. The second-order valence-electron chi connectivity index (χ2n) is 7.18. The molecule has 0 unspecified atom stereocenters. The molecule has 170 valence electrons. The smallest absolute Gasteiger partial charge is 0.416 e. The lowest BCUT2D eigenvalue weighted by Gasteiger charge is -2.11. The molecule has 0 fully saturated rings. The summed E-state index contributed by atoms with van der Waals surface area (Å²) in [5.74, 6) is 6.57. The van der Waals surface area contributed by atoms with E-state index in [0.717, 1.165) is 17.7 Å². The number of alkyl halides is 3. The van der Waals surface area contributed by atoms with Crippen LogP contribution in [0.4, 0.5) is 19.0 Å². The van der Waals surface area contributed by atoms with Gasteiger partial charge in [0.1, 0.15) is 11.6 Å². The van der Waals surface area contributed by atoms with Gasteiger partial charge in [-0.1, -0.05) is 24.0 Å². The van der Waals surface area contributed by atoms with Crippen LogP contribution in [0.2, 0.25) is 0 Å². The first kappa shape index (κ1) is 23.8. The maximum atomic E-state index is 12.8.